The summed E-state index contributed by atoms with van der Waals surface area (Å²) in [7, 11) is 0. The minimum Gasteiger partial charge on any atom is -0.462 e. The topological polar surface area (TPSA) is 176 Å². The van der Waals surface area contributed by atoms with Crippen molar-refractivity contribution in [1.82, 2.24) is 0 Å². The molecule has 3 N–H and O–H groups in total. The summed E-state index contributed by atoms with van der Waals surface area (Å²) in [5.41, 5.74) is 6.01. The van der Waals surface area contributed by atoms with Crippen molar-refractivity contribution >= 4 is 46.8 Å². The molecule has 0 aliphatic rings. The second-order valence-corrected chi connectivity index (χ2v) is 10.1. The van der Waals surface area contributed by atoms with E-state index in [1.54, 1.807) is 13.8 Å². The maximum atomic E-state index is 12.6. The van der Waals surface area contributed by atoms with E-state index in [1.807, 2.05) is 0 Å². The van der Waals surface area contributed by atoms with Gasteiger partial charge in [0.2, 0.25) is 0 Å². The highest BCUT2D eigenvalue weighted by Gasteiger charge is 2.28. The van der Waals surface area contributed by atoms with Crippen molar-refractivity contribution in [3.63, 3.8) is 0 Å². The quantitative estimate of drug-likeness (QED) is 0.136. The molecule has 0 rings (SSSR count). The Morgan fingerprint density at radius 2 is 1.58 bits per heavy atom. The Morgan fingerprint density at radius 3 is 2.16 bits per heavy atom. The molecule has 0 radical (unpaired) electrons. The van der Waals surface area contributed by atoms with Gasteiger partial charge in [0.15, 0.2) is 11.6 Å². The molecule has 38 heavy (non-hydrogen) atoms. The van der Waals surface area contributed by atoms with E-state index in [2.05, 4.69) is 0 Å². The van der Waals surface area contributed by atoms with Crippen molar-refractivity contribution in [3.05, 3.63) is 0 Å². The van der Waals surface area contributed by atoms with Gasteiger partial charge in [0.05, 0.1) is 18.1 Å². The van der Waals surface area contributed by atoms with Crippen molar-refractivity contribution in [2.24, 2.45) is 11.7 Å². The zero-order chi connectivity index (χ0) is 29.1. The molecule has 12 heteroatoms. The molecule has 0 aromatic rings. The average Bonchev–Trinajstić information content (AvgIpc) is 2.87. The lowest BCUT2D eigenvalue weighted by molar-refractivity contribution is -0.157. The largest absolute Gasteiger partial charge is 0.462 e. The summed E-state index contributed by atoms with van der Waals surface area (Å²) in [4.78, 5) is 70.8. The summed E-state index contributed by atoms with van der Waals surface area (Å²) in [5, 5.41) is 10.1. The third kappa shape index (κ3) is 17.4. The molecule has 11 nitrogen and oxygen atoms in total. The first-order valence-corrected chi connectivity index (χ1v) is 14.1. The number of aliphatic hydroxyl groups is 1. The van der Waals surface area contributed by atoms with Gasteiger partial charge in [-0.1, -0.05) is 13.8 Å². The molecule has 4 atom stereocenters. The van der Waals surface area contributed by atoms with Crippen molar-refractivity contribution in [3.8, 4) is 0 Å². The van der Waals surface area contributed by atoms with E-state index in [-0.39, 0.29) is 93.0 Å². The number of aliphatic hydroxyl groups excluding tert-OH is 1. The summed E-state index contributed by atoms with van der Waals surface area (Å²) < 4.78 is 15.6. The molecule has 0 saturated heterocycles. The van der Waals surface area contributed by atoms with E-state index in [0.29, 0.717) is 6.42 Å². The van der Waals surface area contributed by atoms with Crippen LogP contribution in [0.25, 0.3) is 0 Å². The van der Waals surface area contributed by atoms with Gasteiger partial charge in [-0.3, -0.25) is 24.0 Å². The Hall–Kier alpha value is -2.15. The van der Waals surface area contributed by atoms with Crippen LogP contribution in [0.5, 0.6) is 0 Å². The lowest BCUT2D eigenvalue weighted by Gasteiger charge is -2.21. The minimum atomic E-state index is -1.05. The number of rotatable bonds is 23. The van der Waals surface area contributed by atoms with Crippen LogP contribution in [0.4, 0.5) is 0 Å². The van der Waals surface area contributed by atoms with Crippen LogP contribution in [0, 0.1) is 5.92 Å². The fourth-order valence-electron chi connectivity index (χ4n) is 3.12. The van der Waals surface area contributed by atoms with Crippen LogP contribution in [-0.2, 0) is 43.0 Å². The van der Waals surface area contributed by atoms with E-state index >= 15 is 0 Å². The fourth-order valence-corrected chi connectivity index (χ4v) is 4.12. The van der Waals surface area contributed by atoms with Crippen LogP contribution < -0.4 is 5.73 Å². The fraction of sp³-hybridized carbons (Fsp3) is 0.769. The first kappa shape index (κ1) is 35.9. The van der Waals surface area contributed by atoms with Gasteiger partial charge in [-0.2, -0.15) is 11.8 Å². The standard InChI is InChI=1S/C26H43NO10S/c1-5-25(33)36-14-20(37-26(34)6-2)15-38-16-22(27)24(32)12-21(18(4)29)23(31)8-7-11-35-13-19(30)10-9-17(3)28/h18,20-22,29H,5-16,27H2,1-4H3. The molecule has 0 fully saturated rings. The van der Waals surface area contributed by atoms with Crippen molar-refractivity contribution < 1.29 is 48.1 Å². The smallest absolute Gasteiger partial charge is 0.305 e. The van der Waals surface area contributed by atoms with Gasteiger partial charge in [0.1, 0.15) is 30.9 Å². The molecule has 0 saturated carbocycles. The lowest BCUT2D eigenvalue weighted by Crippen LogP contribution is -2.38. The van der Waals surface area contributed by atoms with Gasteiger partial charge < -0.3 is 29.8 Å². The molecule has 0 aromatic carbocycles. The Bertz CT molecular complexity index is 786. The molecule has 0 amide bonds. The number of thioether (sulfide) groups is 1. The van der Waals surface area contributed by atoms with Crippen LogP contribution in [0.2, 0.25) is 0 Å². The molecule has 0 aliphatic carbocycles. The van der Waals surface area contributed by atoms with E-state index in [0.717, 1.165) is 0 Å². The summed E-state index contributed by atoms with van der Waals surface area (Å²) in [5.74, 6) is -2.27. The average molecular weight is 562 g/mol. The molecule has 0 bridgehead atoms. The van der Waals surface area contributed by atoms with Crippen LogP contribution >= 0.6 is 11.8 Å². The molecule has 0 aliphatic heterocycles. The highest BCUT2D eigenvalue weighted by Crippen LogP contribution is 2.17. The zero-order valence-electron chi connectivity index (χ0n) is 22.9. The summed E-state index contributed by atoms with van der Waals surface area (Å²) in [6, 6.07) is -0.904. The Morgan fingerprint density at radius 1 is 0.921 bits per heavy atom. The zero-order valence-corrected chi connectivity index (χ0v) is 23.7. The maximum absolute atomic E-state index is 12.6. The number of carbonyl (C=O) groups excluding carboxylic acids is 6. The van der Waals surface area contributed by atoms with Gasteiger partial charge in [-0.05, 0) is 20.3 Å². The van der Waals surface area contributed by atoms with Gasteiger partial charge >= 0.3 is 11.9 Å². The first-order chi connectivity index (χ1) is 17.9. The van der Waals surface area contributed by atoms with E-state index in [1.165, 1.54) is 25.6 Å². The minimum absolute atomic E-state index is 0.0649. The summed E-state index contributed by atoms with van der Waals surface area (Å²) in [6.45, 7) is 6.07. The van der Waals surface area contributed by atoms with E-state index in [4.69, 9.17) is 19.9 Å². The molecule has 4 unspecified atom stereocenters. The monoisotopic (exact) mass is 561 g/mol. The number of esters is 2. The molecule has 0 aromatic heterocycles. The van der Waals surface area contributed by atoms with Gasteiger partial charge in [0.25, 0.3) is 0 Å². The molecular weight excluding hydrogens is 518 g/mol. The maximum Gasteiger partial charge on any atom is 0.305 e. The van der Waals surface area contributed by atoms with Crippen molar-refractivity contribution in [2.45, 2.75) is 90.9 Å². The van der Waals surface area contributed by atoms with Gasteiger partial charge in [0, 0.05) is 56.6 Å². The number of hydrogen-bond donors (Lipinski definition) is 2. The van der Waals surface area contributed by atoms with Crippen LogP contribution in [0.3, 0.4) is 0 Å². The lowest BCUT2D eigenvalue weighted by atomic mass is 9.89. The molecule has 218 valence electrons. The van der Waals surface area contributed by atoms with E-state index in [9.17, 15) is 33.9 Å². The number of Topliss-reactive ketones (excluding diaryl/α,β-unsaturated/α-hetero) is 4. The first-order valence-electron chi connectivity index (χ1n) is 12.9. The Balaban J connectivity index is 4.56. The summed E-state index contributed by atoms with van der Waals surface area (Å²) >= 11 is 1.26. The van der Waals surface area contributed by atoms with Gasteiger partial charge in [-0.25, -0.2) is 0 Å². The predicted molar refractivity (Wildman–Crippen MR) is 141 cm³/mol. The van der Waals surface area contributed by atoms with Crippen LogP contribution in [0.1, 0.15) is 72.6 Å². The van der Waals surface area contributed by atoms with Gasteiger partial charge in [-0.15, -0.1) is 0 Å². The third-order valence-corrected chi connectivity index (χ3v) is 6.67. The molecule has 0 heterocycles. The number of nitrogens with two attached hydrogens (primary N) is 1. The third-order valence-electron chi connectivity index (χ3n) is 5.47. The second kappa shape index (κ2) is 20.8. The summed E-state index contributed by atoms with van der Waals surface area (Å²) in [6.07, 6.45) is -0.906. The molecule has 0 spiro atoms. The normalized spacial score (nSPS) is 14.2. The SMILES string of the molecule is CCC(=O)OCC(CSCC(N)C(=O)CC(C(=O)CCCOCC(=O)CCC(C)=O)C(C)O)OC(=O)CC. The number of ether oxygens (including phenoxy) is 3. The van der Waals surface area contributed by atoms with Crippen molar-refractivity contribution in [2.75, 3.05) is 31.3 Å². The highest BCUT2D eigenvalue weighted by atomic mass is 32.2. The number of hydrogen-bond acceptors (Lipinski definition) is 12. The van der Waals surface area contributed by atoms with Crippen molar-refractivity contribution in [1.29, 1.82) is 0 Å². The number of ketones is 4. The highest BCUT2D eigenvalue weighted by molar-refractivity contribution is 7.99. The van der Waals surface area contributed by atoms with E-state index < -0.39 is 36.1 Å². The van der Waals surface area contributed by atoms with Crippen LogP contribution in [-0.4, -0.2) is 89.8 Å². The Labute approximate surface area is 228 Å². The second-order valence-electron chi connectivity index (χ2n) is 9.03. The predicted octanol–water partition coefficient (Wildman–Crippen LogP) is 1.58. The molecular formula is C26H43NO10S. The van der Waals surface area contributed by atoms with Crippen LogP contribution in [0.15, 0.2) is 0 Å². The number of carbonyl (C=O) groups is 6. The Kier molecular flexibility index (Phi) is 19.6.